The largest absolute Gasteiger partial charge is 0.370 e. The molecular formula is C13H14Cl2N2OS. The van der Waals surface area contributed by atoms with Crippen LogP contribution in [0.15, 0.2) is 28.7 Å². The third-order valence-corrected chi connectivity index (χ3v) is 4.87. The van der Waals surface area contributed by atoms with Gasteiger partial charge >= 0.3 is 0 Å². The molecule has 1 amide bonds. The zero-order valence-electron chi connectivity index (χ0n) is 10.3. The fraction of sp³-hybridized carbons (Fsp3) is 0.308. The van der Waals surface area contributed by atoms with Gasteiger partial charge in [-0.05, 0) is 30.7 Å². The summed E-state index contributed by atoms with van der Waals surface area (Å²) < 4.78 is 0. The van der Waals surface area contributed by atoms with E-state index in [4.69, 9.17) is 34.7 Å². The van der Waals surface area contributed by atoms with E-state index in [1.165, 1.54) is 0 Å². The Bertz CT molecular complexity index is 560. The molecule has 1 aliphatic heterocycles. The van der Waals surface area contributed by atoms with E-state index in [1.54, 1.807) is 11.8 Å². The van der Waals surface area contributed by atoms with Crippen molar-refractivity contribution in [1.29, 1.82) is 0 Å². The van der Waals surface area contributed by atoms with Gasteiger partial charge in [0.15, 0.2) is 0 Å². The highest BCUT2D eigenvalue weighted by Crippen LogP contribution is 2.45. The molecule has 0 saturated carbocycles. The predicted molar refractivity (Wildman–Crippen MR) is 81.3 cm³/mol. The maximum absolute atomic E-state index is 11.0. The van der Waals surface area contributed by atoms with Gasteiger partial charge in [0.25, 0.3) is 0 Å². The van der Waals surface area contributed by atoms with E-state index in [-0.39, 0.29) is 11.7 Å². The van der Waals surface area contributed by atoms with Crippen molar-refractivity contribution in [2.24, 2.45) is 11.5 Å². The summed E-state index contributed by atoms with van der Waals surface area (Å²) in [7, 11) is 0. The summed E-state index contributed by atoms with van der Waals surface area (Å²) in [6.07, 6.45) is 0.0896. The molecule has 0 fully saturated rings. The van der Waals surface area contributed by atoms with Gasteiger partial charge in [0.1, 0.15) is 0 Å². The van der Waals surface area contributed by atoms with Gasteiger partial charge in [-0.15, -0.1) is 11.8 Å². The van der Waals surface area contributed by atoms with E-state index >= 15 is 0 Å². The van der Waals surface area contributed by atoms with Crippen molar-refractivity contribution in [2.45, 2.75) is 29.5 Å². The molecule has 0 radical (unpaired) electrons. The van der Waals surface area contributed by atoms with Crippen molar-refractivity contribution < 1.29 is 4.79 Å². The average molecular weight is 317 g/mol. The van der Waals surface area contributed by atoms with Gasteiger partial charge in [-0.3, -0.25) is 4.79 Å². The van der Waals surface area contributed by atoms with Gasteiger partial charge in [-0.2, -0.15) is 0 Å². The van der Waals surface area contributed by atoms with Crippen LogP contribution in [0, 0.1) is 0 Å². The van der Waals surface area contributed by atoms with Gasteiger partial charge in [-0.25, -0.2) is 0 Å². The molecule has 4 N–H and O–H groups in total. The Balaban J connectivity index is 2.46. The van der Waals surface area contributed by atoms with E-state index in [1.807, 2.05) is 25.1 Å². The first-order valence-electron chi connectivity index (χ1n) is 5.80. The second-order valence-electron chi connectivity index (χ2n) is 4.45. The van der Waals surface area contributed by atoms with Crippen LogP contribution >= 0.6 is 35.0 Å². The fourth-order valence-electron chi connectivity index (χ4n) is 2.16. The predicted octanol–water partition coefficient (Wildman–Crippen LogP) is 2.99. The molecular weight excluding hydrogens is 303 g/mol. The smallest absolute Gasteiger partial charge is 0.219 e. The molecule has 3 nitrogen and oxygen atoms in total. The maximum Gasteiger partial charge on any atom is 0.219 e. The summed E-state index contributed by atoms with van der Waals surface area (Å²) in [6, 6.07) is 5.13. The Morgan fingerprint density at radius 2 is 2.16 bits per heavy atom. The first kappa shape index (κ1) is 14.7. The highest BCUT2D eigenvalue weighted by molar-refractivity contribution is 8.00. The Hall–Kier alpha value is -0.680. The molecule has 1 heterocycles. The summed E-state index contributed by atoms with van der Waals surface area (Å²) in [6.45, 7) is 2.01. The standard InChI is InChI=1S/C13H14Cl2N2OS/c1-6-12(9(16)5-11(17)18)13(15)8-4-7(14)2-3-10(8)19-6/h2-4,6,9H,5,16H2,1H3,(H2,17,18). The second kappa shape index (κ2) is 5.75. The minimum atomic E-state index is -0.459. The van der Waals surface area contributed by atoms with E-state index < -0.39 is 11.9 Å². The lowest BCUT2D eigenvalue weighted by molar-refractivity contribution is -0.118. The van der Waals surface area contributed by atoms with Crippen LogP contribution in [0.25, 0.3) is 5.03 Å². The van der Waals surface area contributed by atoms with Crippen molar-refractivity contribution in [3.05, 3.63) is 34.4 Å². The van der Waals surface area contributed by atoms with Crippen LogP contribution in [0.4, 0.5) is 0 Å². The van der Waals surface area contributed by atoms with Crippen molar-refractivity contribution in [3.63, 3.8) is 0 Å². The number of carbonyl (C=O) groups excluding carboxylic acids is 1. The average Bonchev–Trinajstić information content (AvgIpc) is 2.29. The van der Waals surface area contributed by atoms with E-state index in [0.717, 1.165) is 16.0 Å². The number of hydrogen-bond donors (Lipinski definition) is 2. The topological polar surface area (TPSA) is 69.1 Å². The number of fused-ring (bicyclic) bond motifs is 1. The number of benzene rings is 1. The minimum absolute atomic E-state index is 0.0896. The molecule has 1 aliphatic rings. The molecule has 2 atom stereocenters. The molecule has 0 aliphatic carbocycles. The normalized spacial score (nSPS) is 20.1. The molecule has 0 saturated heterocycles. The third-order valence-electron chi connectivity index (χ3n) is 2.99. The summed E-state index contributed by atoms with van der Waals surface area (Å²) in [4.78, 5) is 12.1. The molecule has 0 bridgehead atoms. The highest BCUT2D eigenvalue weighted by atomic mass is 35.5. The molecule has 19 heavy (non-hydrogen) atoms. The first-order valence-corrected chi connectivity index (χ1v) is 7.43. The Morgan fingerprint density at radius 1 is 1.47 bits per heavy atom. The number of halogens is 2. The number of primary amides is 1. The van der Waals surface area contributed by atoms with E-state index in [0.29, 0.717) is 10.1 Å². The van der Waals surface area contributed by atoms with Gasteiger partial charge in [0, 0.05) is 33.2 Å². The first-order chi connectivity index (χ1) is 8.90. The molecule has 1 aromatic carbocycles. The fourth-order valence-corrected chi connectivity index (χ4v) is 4.14. The monoisotopic (exact) mass is 316 g/mol. The van der Waals surface area contributed by atoms with Crippen LogP contribution in [0.3, 0.4) is 0 Å². The Labute approximate surface area is 126 Å². The summed E-state index contributed by atoms with van der Waals surface area (Å²) >= 11 is 14.1. The summed E-state index contributed by atoms with van der Waals surface area (Å²) in [5, 5.41) is 1.31. The van der Waals surface area contributed by atoms with E-state index in [9.17, 15) is 4.79 Å². The summed E-state index contributed by atoms with van der Waals surface area (Å²) in [5.41, 5.74) is 12.9. The maximum atomic E-state index is 11.0. The molecule has 2 unspecified atom stereocenters. The van der Waals surface area contributed by atoms with Gasteiger partial charge in [0.2, 0.25) is 5.91 Å². The lowest BCUT2D eigenvalue weighted by atomic mass is 9.98. The van der Waals surface area contributed by atoms with E-state index in [2.05, 4.69) is 0 Å². The number of amides is 1. The van der Waals surface area contributed by atoms with Crippen LogP contribution in [-0.2, 0) is 4.79 Å². The number of nitrogens with two attached hydrogens (primary N) is 2. The third kappa shape index (κ3) is 3.08. The quantitative estimate of drug-likeness (QED) is 0.900. The van der Waals surface area contributed by atoms with Crippen LogP contribution < -0.4 is 11.5 Å². The lowest BCUT2D eigenvalue weighted by Gasteiger charge is -2.28. The second-order valence-corrected chi connectivity index (χ2v) is 6.64. The van der Waals surface area contributed by atoms with Crippen molar-refractivity contribution in [1.82, 2.24) is 0 Å². The highest BCUT2D eigenvalue weighted by Gasteiger charge is 2.28. The molecule has 6 heteroatoms. The zero-order valence-corrected chi connectivity index (χ0v) is 12.6. The van der Waals surface area contributed by atoms with Gasteiger partial charge < -0.3 is 11.5 Å². The van der Waals surface area contributed by atoms with Crippen LogP contribution in [-0.4, -0.2) is 17.2 Å². The SMILES string of the molecule is CC1Sc2ccc(Cl)cc2C(Cl)=C1C(N)CC(N)=O. The van der Waals surface area contributed by atoms with Crippen LogP contribution in [0.1, 0.15) is 18.9 Å². The van der Waals surface area contributed by atoms with Crippen molar-refractivity contribution >= 4 is 45.9 Å². The van der Waals surface area contributed by atoms with Gasteiger partial charge in [0.05, 0.1) is 5.03 Å². The van der Waals surface area contributed by atoms with Gasteiger partial charge in [-0.1, -0.05) is 23.2 Å². The molecule has 2 rings (SSSR count). The molecule has 0 spiro atoms. The van der Waals surface area contributed by atoms with Crippen molar-refractivity contribution in [2.75, 3.05) is 0 Å². The minimum Gasteiger partial charge on any atom is -0.370 e. The summed E-state index contributed by atoms with van der Waals surface area (Å²) in [5.74, 6) is -0.432. The molecule has 1 aromatic rings. The number of thioether (sulfide) groups is 1. The van der Waals surface area contributed by atoms with Crippen molar-refractivity contribution in [3.8, 4) is 0 Å². The molecule has 102 valence electrons. The number of hydrogen-bond acceptors (Lipinski definition) is 3. The lowest BCUT2D eigenvalue weighted by Crippen LogP contribution is -2.33. The molecule has 0 aromatic heterocycles. The van der Waals surface area contributed by atoms with Crippen LogP contribution in [0.2, 0.25) is 5.02 Å². The Morgan fingerprint density at radius 3 is 2.79 bits per heavy atom. The van der Waals surface area contributed by atoms with Crippen LogP contribution in [0.5, 0.6) is 0 Å². The zero-order chi connectivity index (χ0) is 14.2. The number of rotatable bonds is 3. The Kier molecular flexibility index (Phi) is 4.46. The number of carbonyl (C=O) groups is 1.